The molecular weight excluding hydrogens is 456 g/mol. The van der Waals surface area contributed by atoms with E-state index in [0.29, 0.717) is 6.42 Å². The number of ether oxygens (including phenoxy) is 2. The van der Waals surface area contributed by atoms with Crippen molar-refractivity contribution >= 4 is 22.1 Å². The third kappa shape index (κ3) is 3.87. The molecule has 0 radical (unpaired) electrons. The summed E-state index contributed by atoms with van der Waals surface area (Å²) >= 11 is 0. The van der Waals surface area contributed by atoms with Gasteiger partial charge in [-0.05, 0) is 49.1 Å². The highest BCUT2D eigenvalue weighted by atomic mass is 32.2. The van der Waals surface area contributed by atoms with E-state index in [-0.39, 0.29) is 34.5 Å². The second kappa shape index (κ2) is 8.33. The number of hydrogen-bond donors (Lipinski definition) is 0. The van der Waals surface area contributed by atoms with E-state index in [4.69, 9.17) is 13.7 Å². The summed E-state index contributed by atoms with van der Waals surface area (Å²) < 4.78 is 44.5. The van der Waals surface area contributed by atoms with Crippen molar-refractivity contribution in [1.29, 1.82) is 0 Å². The average molecular weight is 493 g/mol. The van der Waals surface area contributed by atoms with Gasteiger partial charge in [0.1, 0.15) is 12.2 Å². The molecule has 34 heavy (non-hydrogen) atoms. The van der Waals surface area contributed by atoms with E-state index in [1.165, 1.54) is 13.8 Å². The molecule has 0 unspecified atom stereocenters. The molecule has 1 aromatic rings. The van der Waals surface area contributed by atoms with Gasteiger partial charge in [0.15, 0.2) is 0 Å². The van der Waals surface area contributed by atoms with Crippen molar-refractivity contribution in [3.63, 3.8) is 0 Å². The van der Waals surface area contributed by atoms with Crippen molar-refractivity contribution in [2.45, 2.75) is 84.5 Å². The maximum absolute atomic E-state index is 13.4. The van der Waals surface area contributed by atoms with Gasteiger partial charge >= 0.3 is 11.9 Å². The molecule has 8 atom stereocenters. The Balaban J connectivity index is 1.81. The molecule has 1 aromatic carbocycles. The zero-order valence-electron chi connectivity index (χ0n) is 21.0. The van der Waals surface area contributed by atoms with Gasteiger partial charge in [0.25, 0.3) is 10.1 Å². The van der Waals surface area contributed by atoms with Crippen LogP contribution < -0.4 is 0 Å². The molecule has 0 aromatic heterocycles. The normalized spacial score (nSPS) is 38.3. The molecular formula is C26H36O7S. The number of aryl methyl sites for hydroxylation is 1. The summed E-state index contributed by atoms with van der Waals surface area (Å²) in [6, 6.07) is 6.62. The minimum atomic E-state index is -4.04. The summed E-state index contributed by atoms with van der Waals surface area (Å²) in [5.41, 5.74) is -0.240. The van der Waals surface area contributed by atoms with Gasteiger partial charge in [0.2, 0.25) is 0 Å². The van der Waals surface area contributed by atoms with Gasteiger partial charge in [-0.15, -0.1) is 0 Å². The number of carbonyl (C=O) groups excluding carboxylic acids is 2. The molecule has 0 amide bonds. The van der Waals surface area contributed by atoms with Crippen molar-refractivity contribution in [2.75, 3.05) is 0 Å². The van der Waals surface area contributed by atoms with Gasteiger partial charge < -0.3 is 9.47 Å². The first-order chi connectivity index (χ1) is 15.7. The highest BCUT2D eigenvalue weighted by Gasteiger charge is 2.74. The Morgan fingerprint density at radius 3 is 2.03 bits per heavy atom. The fraction of sp³-hybridized carbons (Fsp3) is 0.692. The number of benzene rings is 1. The highest BCUT2D eigenvalue weighted by Crippen LogP contribution is 2.71. The first-order valence-corrected chi connectivity index (χ1v) is 13.4. The fourth-order valence-electron chi connectivity index (χ4n) is 7.53. The highest BCUT2D eigenvalue weighted by molar-refractivity contribution is 7.86. The third-order valence-electron chi connectivity index (χ3n) is 8.79. The second-order valence-corrected chi connectivity index (χ2v) is 12.9. The second-order valence-electron chi connectivity index (χ2n) is 11.3. The minimum Gasteiger partial charge on any atom is -0.462 e. The molecule has 3 aliphatic rings. The average Bonchev–Trinajstić information content (AvgIpc) is 3.16. The van der Waals surface area contributed by atoms with E-state index in [0.717, 1.165) is 12.0 Å². The number of carbonyl (C=O) groups is 2. The Bertz CT molecular complexity index is 1080. The van der Waals surface area contributed by atoms with Crippen LogP contribution in [0.3, 0.4) is 0 Å². The van der Waals surface area contributed by atoms with Gasteiger partial charge in [-0.1, -0.05) is 45.4 Å². The minimum absolute atomic E-state index is 0.0515. The van der Waals surface area contributed by atoms with E-state index in [9.17, 15) is 18.0 Å². The van der Waals surface area contributed by atoms with Crippen molar-refractivity contribution in [3.8, 4) is 0 Å². The Hall–Kier alpha value is -1.93. The molecule has 0 N–H and O–H groups in total. The van der Waals surface area contributed by atoms with Crippen LogP contribution in [0, 0.1) is 41.4 Å². The molecule has 0 aliphatic heterocycles. The SMILES string of the molecule is CC(=O)O[C@@H]1C[C@@H](OC(C)=O)[C@]2(C)[C@@H]3[C@@H]([C@@H](C[C@@H]3C)[C@H]2OS(=O)(=O)c2ccc(C)cc2)C1(C)C. The lowest BCUT2D eigenvalue weighted by Crippen LogP contribution is -2.53. The summed E-state index contributed by atoms with van der Waals surface area (Å²) in [4.78, 5) is 24.3. The Labute approximate surface area is 202 Å². The Morgan fingerprint density at radius 2 is 1.47 bits per heavy atom. The molecule has 3 aliphatic carbocycles. The van der Waals surface area contributed by atoms with Crippen molar-refractivity contribution < 1.29 is 31.7 Å². The lowest BCUT2D eigenvalue weighted by atomic mass is 9.64. The first kappa shape index (κ1) is 25.2. The van der Waals surface area contributed by atoms with E-state index in [2.05, 4.69) is 20.8 Å². The lowest BCUT2D eigenvalue weighted by Gasteiger charge is -2.47. The molecule has 7 nitrogen and oxygen atoms in total. The van der Waals surface area contributed by atoms with E-state index >= 15 is 0 Å². The molecule has 3 saturated carbocycles. The molecule has 0 saturated heterocycles. The smallest absolute Gasteiger partial charge is 0.302 e. The monoisotopic (exact) mass is 492 g/mol. The van der Waals surface area contributed by atoms with Gasteiger partial charge in [-0.2, -0.15) is 8.42 Å². The van der Waals surface area contributed by atoms with Crippen molar-refractivity contribution in [2.24, 2.45) is 34.5 Å². The molecule has 0 spiro atoms. The molecule has 188 valence electrons. The largest absolute Gasteiger partial charge is 0.462 e. The molecule has 3 fully saturated rings. The van der Waals surface area contributed by atoms with E-state index in [1.54, 1.807) is 24.3 Å². The van der Waals surface area contributed by atoms with Crippen LogP contribution in [0.4, 0.5) is 0 Å². The van der Waals surface area contributed by atoms with Gasteiger partial charge in [-0.3, -0.25) is 13.8 Å². The summed E-state index contributed by atoms with van der Waals surface area (Å²) in [6.07, 6.45) is -0.630. The topological polar surface area (TPSA) is 96.0 Å². The van der Waals surface area contributed by atoms with Gasteiger partial charge in [-0.25, -0.2) is 0 Å². The van der Waals surface area contributed by atoms with Gasteiger partial charge in [0, 0.05) is 31.1 Å². The number of rotatable bonds is 5. The van der Waals surface area contributed by atoms with Crippen molar-refractivity contribution in [1.82, 2.24) is 0 Å². The van der Waals surface area contributed by atoms with Crippen LogP contribution >= 0.6 is 0 Å². The number of hydrogen-bond acceptors (Lipinski definition) is 7. The number of esters is 2. The lowest BCUT2D eigenvalue weighted by molar-refractivity contribution is -0.174. The summed E-state index contributed by atoms with van der Waals surface area (Å²) in [6.45, 7) is 13.0. The zero-order valence-corrected chi connectivity index (χ0v) is 21.8. The fourth-order valence-corrected chi connectivity index (χ4v) is 8.74. The summed E-state index contributed by atoms with van der Waals surface area (Å²) in [7, 11) is -4.04. The molecule has 0 heterocycles. The van der Waals surface area contributed by atoms with E-state index in [1.807, 2.05) is 13.8 Å². The van der Waals surface area contributed by atoms with Crippen LogP contribution in [0.25, 0.3) is 0 Å². The standard InChI is InChI=1S/C26H36O7S/c1-14-8-10-18(11-9-14)34(29,30)33-24-19-12-15(2)22-23(19)25(5,6)20(31-16(3)27)13-21(26(22,24)7)32-17(4)28/h8-11,15,19-24H,12-13H2,1-7H3/t15-,19+,20+,21+,22-,23+,24+,26+/m0/s1. The van der Waals surface area contributed by atoms with Crippen LogP contribution in [0.2, 0.25) is 0 Å². The third-order valence-corrected chi connectivity index (χ3v) is 10.1. The first-order valence-electron chi connectivity index (χ1n) is 12.0. The van der Waals surface area contributed by atoms with Crippen LogP contribution in [0.1, 0.15) is 59.9 Å². The molecule has 8 heteroatoms. The molecule has 4 bridgehead atoms. The predicted octanol–water partition coefficient (Wildman–Crippen LogP) is 4.27. The quantitative estimate of drug-likeness (QED) is 0.447. The van der Waals surface area contributed by atoms with Crippen LogP contribution in [0.15, 0.2) is 29.2 Å². The predicted molar refractivity (Wildman–Crippen MR) is 125 cm³/mol. The maximum Gasteiger partial charge on any atom is 0.302 e. The summed E-state index contributed by atoms with van der Waals surface area (Å²) in [5.74, 6) is -0.504. The van der Waals surface area contributed by atoms with Crippen LogP contribution in [-0.2, 0) is 33.4 Å². The van der Waals surface area contributed by atoms with Crippen molar-refractivity contribution in [3.05, 3.63) is 29.8 Å². The Morgan fingerprint density at radius 1 is 0.912 bits per heavy atom. The summed E-state index contributed by atoms with van der Waals surface area (Å²) in [5, 5.41) is 0. The van der Waals surface area contributed by atoms with Crippen LogP contribution in [-0.4, -0.2) is 38.7 Å². The molecule has 4 rings (SSSR count). The zero-order chi connectivity index (χ0) is 25.2. The Kier molecular flexibility index (Phi) is 6.17. The van der Waals surface area contributed by atoms with E-state index < -0.39 is 45.2 Å². The van der Waals surface area contributed by atoms with Crippen LogP contribution in [0.5, 0.6) is 0 Å². The van der Waals surface area contributed by atoms with Gasteiger partial charge in [0.05, 0.1) is 11.0 Å². The maximum atomic E-state index is 13.4.